The molecule has 40 heavy (non-hydrogen) atoms. The number of imidazole rings is 1. The number of nitrogens with zero attached hydrogens (tertiary/aromatic N) is 3. The summed E-state index contributed by atoms with van der Waals surface area (Å²) in [6.07, 6.45) is 3.51. The van der Waals surface area contributed by atoms with Crippen LogP contribution in [0.2, 0.25) is 19.1 Å². The van der Waals surface area contributed by atoms with Gasteiger partial charge in [-0.15, -0.1) is 0 Å². The minimum Gasteiger partial charge on any atom is -0.508 e. The molecule has 11 heteroatoms. The molecule has 0 amide bonds. The number of rotatable bonds is 8. The summed E-state index contributed by atoms with van der Waals surface area (Å²) in [5.74, 6) is -1.13. The van der Waals surface area contributed by atoms with E-state index in [9.17, 15) is 19.8 Å². The molecule has 3 heterocycles. The van der Waals surface area contributed by atoms with Crippen LogP contribution >= 0.6 is 0 Å². The first-order chi connectivity index (χ1) is 19.1. The number of fused-ring (bicyclic) bond motifs is 4. The number of hydrogen-bond donors (Lipinski definition) is 3. The zero-order chi connectivity index (χ0) is 28.8. The molecular weight excluding hydrogens is 528 g/mol. The second-order valence-corrected chi connectivity index (χ2v) is 16.0. The number of aliphatic hydroxyl groups excluding tert-OH is 1. The number of carbonyl (C=O) groups is 2. The van der Waals surface area contributed by atoms with Crippen molar-refractivity contribution in [2.45, 2.75) is 70.3 Å². The second kappa shape index (κ2) is 10.3. The van der Waals surface area contributed by atoms with Gasteiger partial charge in [0.05, 0.1) is 32.8 Å². The van der Waals surface area contributed by atoms with Crippen LogP contribution in [0, 0.1) is 11.3 Å². The Bertz CT molecular complexity index is 1620. The Morgan fingerprint density at radius 2 is 2.12 bits per heavy atom. The summed E-state index contributed by atoms with van der Waals surface area (Å²) < 4.78 is 13.1. The van der Waals surface area contributed by atoms with Gasteiger partial charge in [0.2, 0.25) is 5.60 Å². The molecule has 1 aliphatic carbocycles. The highest BCUT2D eigenvalue weighted by atomic mass is 28.3. The van der Waals surface area contributed by atoms with E-state index in [0.717, 1.165) is 28.8 Å². The molecule has 0 fully saturated rings. The van der Waals surface area contributed by atoms with Gasteiger partial charge in [0.1, 0.15) is 28.9 Å². The van der Waals surface area contributed by atoms with Gasteiger partial charge in [-0.3, -0.25) is 4.79 Å². The van der Waals surface area contributed by atoms with Gasteiger partial charge in [0, 0.05) is 30.5 Å². The second-order valence-electron chi connectivity index (χ2n) is 11.2. The molecule has 1 aromatic carbocycles. The zero-order valence-electron chi connectivity index (χ0n) is 23.0. The van der Waals surface area contributed by atoms with E-state index in [4.69, 9.17) is 25.5 Å². The highest BCUT2D eigenvalue weighted by Crippen LogP contribution is 2.39. The predicted molar refractivity (Wildman–Crippen MR) is 150 cm³/mol. The summed E-state index contributed by atoms with van der Waals surface area (Å²) in [7, 11) is -2.02. The van der Waals surface area contributed by atoms with E-state index in [1.54, 1.807) is 13.0 Å². The Hall–Kier alpha value is -3.88. The monoisotopic (exact) mass is 562 g/mol. The largest absolute Gasteiger partial charge is 0.508 e. The van der Waals surface area contributed by atoms with Crippen molar-refractivity contribution in [1.29, 1.82) is 5.26 Å². The lowest BCUT2D eigenvalue weighted by Gasteiger charge is -2.38. The van der Waals surface area contributed by atoms with E-state index in [0.29, 0.717) is 40.6 Å². The number of benzene rings is 1. The molecule has 210 valence electrons. The van der Waals surface area contributed by atoms with Gasteiger partial charge in [-0.2, -0.15) is 5.26 Å². The van der Waals surface area contributed by atoms with Gasteiger partial charge < -0.3 is 30.0 Å². The molecule has 0 saturated carbocycles. The number of cyclic esters (lactones) is 1. The molecule has 0 radical (unpaired) electrons. The molecule has 1 unspecified atom stereocenters. The third-order valence-corrected chi connectivity index (χ3v) is 11.8. The first-order valence-corrected chi connectivity index (χ1v) is 16.8. The lowest BCUT2D eigenvalue weighted by molar-refractivity contribution is -0.180. The Labute approximate surface area is 233 Å². The number of nitriles is 1. The Balaban J connectivity index is 1.63. The van der Waals surface area contributed by atoms with E-state index in [2.05, 4.69) is 19.2 Å². The number of carbonyl (C=O) groups excluding carboxylic acids is 2. The average molecular weight is 563 g/mol. The highest BCUT2D eigenvalue weighted by molar-refractivity contribution is 6.90. The van der Waals surface area contributed by atoms with Crippen molar-refractivity contribution in [3.63, 3.8) is 0 Å². The number of phenols is 1. The summed E-state index contributed by atoms with van der Waals surface area (Å²) in [6, 6.07) is 6.70. The van der Waals surface area contributed by atoms with Crippen LogP contribution in [0.4, 0.5) is 0 Å². The van der Waals surface area contributed by atoms with E-state index < -0.39 is 25.6 Å². The van der Waals surface area contributed by atoms with Crippen molar-refractivity contribution >= 4 is 37.0 Å². The van der Waals surface area contributed by atoms with Gasteiger partial charge in [0.15, 0.2) is 0 Å². The number of hydrogen-bond acceptors (Lipinski definition) is 9. The number of unbranched alkanes of at least 4 members (excludes halogenated alkanes) is 1. The first-order valence-electron chi connectivity index (χ1n) is 13.6. The van der Waals surface area contributed by atoms with Crippen LogP contribution in [0.3, 0.4) is 0 Å². The van der Waals surface area contributed by atoms with Crippen molar-refractivity contribution in [1.82, 2.24) is 9.55 Å². The molecule has 1 aromatic heterocycles. The summed E-state index contributed by atoms with van der Waals surface area (Å²) in [5.41, 5.74) is 7.93. The molecule has 2 aliphatic heterocycles. The van der Waals surface area contributed by atoms with E-state index >= 15 is 0 Å². The van der Waals surface area contributed by atoms with Crippen molar-refractivity contribution in [3.8, 4) is 11.8 Å². The maximum atomic E-state index is 13.0. The first kappa shape index (κ1) is 27.7. The van der Waals surface area contributed by atoms with Gasteiger partial charge in [-0.1, -0.05) is 31.2 Å². The van der Waals surface area contributed by atoms with Crippen molar-refractivity contribution in [3.05, 3.63) is 50.9 Å². The molecule has 2 aromatic rings. The fourth-order valence-electron chi connectivity index (χ4n) is 6.18. The number of aromatic hydroxyl groups is 1. The highest BCUT2D eigenvalue weighted by Gasteiger charge is 2.52. The van der Waals surface area contributed by atoms with Gasteiger partial charge in [-0.05, 0) is 42.2 Å². The minimum absolute atomic E-state index is 0.0436. The van der Waals surface area contributed by atoms with Crippen molar-refractivity contribution in [2.24, 2.45) is 5.73 Å². The number of ether oxygens (including phenoxy) is 2. The molecule has 0 saturated heterocycles. The molecular formula is C29H34N4O6Si. The Kier molecular flexibility index (Phi) is 7.10. The molecule has 0 bridgehead atoms. The lowest BCUT2D eigenvalue weighted by Crippen LogP contribution is -2.52. The van der Waals surface area contributed by atoms with Gasteiger partial charge in [0.25, 0.3) is 0 Å². The molecule has 4 N–H and O–H groups in total. The van der Waals surface area contributed by atoms with Crippen LogP contribution in [0.5, 0.6) is 5.75 Å². The number of phenolic OH excluding ortho intramolecular Hbond substituents is 1. The topological polar surface area (TPSA) is 161 Å². The number of nitrogens with two attached hydrogens (primary N) is 1. The molecule has 1 atom stereocenters. The predicted octanol–water partition coefficient (Wildman–Crippen LogP) is 1.11. The molecule has 5 rings (SSSR count). The molecule has 3 aliphatic rings. The van der Waals surface area contributed by atoms with Crippen LogP contribution in [0.15, 0.2) is 23.3 Å². The summed E-state index contributed by atoms with van der Waals surface area (Å²) in [4.78, 5) is 30.3. The van der Waals surface area contributed by atoms with E-state index in [1.807, 2.05) is 16.7 Å². The van der Waals surface area contributed by atoms with Crippen LogP contribution in [-0.2, 0) is 32.0 Å². The Morgan fingerprint density at radius 3 is 2.83 bits per heavy atom. The summed E-state index contributed by atoms with van der Waals surface area (Å²) in [5, 5.41) is 32.9. The third-order valence-electron chi connectivity index (χ3n) is 8.28. The number of aromatic nitrogens is 2. The fourth-order valence-corrected chi connectivity index (χ4v) is 9.09. The molecule has 0 spiro atoms. The van der Waals surface area contributed by atoms with Crippen molar-refractivity contribution < 1.29 is 29.3 Å². The van der Waals surface area contributed by atoms with Gasteiger partial charge in [-0.25, -0.2) is 9.78 Å². The Morgan fingerprint density at radius 1 is 1.35 bits per heavy atom. The van der Waals surface area contributed by atoms with Crippen LogP contribution < -0.4 is 21.7 Å². The SMILES string of the molecule is CCC1(OC(=O)CCN)C(=O)OCC2=C1Cc1nc3n(c1=C2O)Cc1c(cc(O)cc1[Si](C)(C)CCCC#N)C=3. The standard InChI is InChI=1S/C29H34N4O6Si/c1-4-29(39-25(35)7-9-31)21-14-22-26(27(36)20(21)16-38-28(29)37)33-15-19-17(12-24(33)32-22)11-18(34)13-23(19)40(2,3)10-6-5-8-30/h11-13,34,36H,4-7,9-10,14-16,31H2,1-3H3. The van der Waals surface area contributed by atoms with Crippen molar-refractivity contribution in [2.75, 3.05) is 13.2 Å². The lowest BCUT2D eigenvalue weighted by atomic mass is 9.79. The minimum atomic E-state index is -2.02. The summed E-state index contributed by atoms with van der Waals surface area (Å²) >= 11 is 0. The maximum absolute atomic E-state index is 13.0. The third kappa shape index (κ3) is 4.41. The number of esters is 2. The maximum Gasteiger partial charge on any atom is 0.355 e. The van der Waals surface area contributed by atoms with Crippen LogP contribution in [-0.4, -0.2) is 58.5 Å². The van der Waals surface area contributed by atoms with Crippen LogP contribution in [0.1, 0.15) is 49.4 Å². The quantitative estimate of drug-likeness (QED) is 0.208. The van der Waals surface area contributed by atoms with Crippen LogP contribution in [0.25, 0.3) is 11.8 Å². The average Bonchev–Trinajstić information content (AvgIpc) is 3.26. The normalized spacial score (nSPS) is 19.5. The smallest absolute Gasteiger partial charge is 0.355 e. The zero-order valence-corrected chi connectivity index (χ0v) is 24.0. The fraction of sp³-hybridized carbons (Fsp3) is 0.448. The molecule has 10 nitrogen and oxygen atoms in total. The van der Waals surface area contributed by atoms with Gasteiger partial charge >= 0.3 is 11.9 Å². The summed E-state index contributed by atoms with van der Waals surface area (Å²) in [6.45, 7) is 6.62. The van der Waals surface area contributed by atoms with E-state index in [1.165, 1.54) is 0 Å². The number of aliphatic hydroxyl groups is 1. The van der Waals surface area contributed by atoms with E-state index in [-0.39, 0.29) is 43.9 Å².